The van der Waals surface area contributed by atoms with Gasteiger partial charge in [0.05, 0.1) is 37.7 Å². The van der Waals surface area contributed by atoms with Gasteiger partial charge in [0.15, 0.2) is 0 Å². The van der Waals surface area contributed by atoms with Gasteiger partial charge in [-0.1, -0.05) is 12.1 Å². The van der Waals surface area contributed by atoms with Gasteiger partial charge in [-0.3, -0.25) is 4.68 Å². The van der Waals surface area contributed by atoms with Gasteiger partial charge in [0.1, 0.15) is 16.9 Å². The maximum absolute atomic E-state index is 13.7. The number of aromatic nitrogens is 6. The van der Waals surface area contributed by atoms with E-state index >= 15 is 0 Å². The summed E-state index contributed by atoms with van der Waals surface area (Å²) in [5.74, 6) is -0.303. The van der Waals surface area contributed by atoms with Gasteiger partial charge in [-0.25, -0.2) is 18.9 Å². The molecular weight excluding hydrogens is 391 g/mol. The molecule has 3 aromatic heterocycles. The van der Waals surface area contributed by atoms with Crippen molar-refractivity contribution < 1.29 is 18.7 Å². The van der Waals surface area contributed by atoms with Crippen LogP contribution in [0.3, 0.4) is 0 Å². The second-order valence-corrected chi connectivity index (χ2v) is 6.48. The van der Waals surface area contributed by atoms with Crippen LogP contribution in [0.15, 0.2) is 42.9 Å². The van der Waals surface area contributed by atoms with Crippen molar-refractivity contribution in [2.75, 3.05) is 13.7 Å². The molecule has 0 spiro atoms. The largest absolute Gasteiger partial charge is 0.479 e. The van der Waals surface area contributed by atoms with Gasteiger partial charge in [-0.15, -0.1) is 0 Å². The summed E-state index contributed by atoms with van der Waals surface area (Å²) >= 11 is 0. The smallest absolute Gasteiger partial charge is 0.341 e. The van der Waals surface area contributed by atoms with E-state index in [2.05, 4.69) is 20.2 Å². The van der Waals surface area contributed by atoms with Crippen LogP contribution in [-0.2, 0) is 4.74 Å². The molecule has 0 saturated carbocycles. The highest BCUT2D eigenvalue weighted by Gasteiger charge is 2.20. The number of hydrogen-bond acceptors (Lipinski definition) is 7. The molecule has 4 rings (SSSR count). The summed E-state index contributed by atoms with van der Waals surface area (Å²) < 4.78 is 27.1. The van der Waals surface area contributed by atoms with E-state index in [9.17, 15) is 9.18 Å². The second kappa shape index (κ2) is 7.90. The second-order valence-electron chi connectivity index (χ2n) is 6.48. The van der Waals surface area contributed by atoms with Gasteiger partial charge in [0.25, 0.3) is 5.95 Å². The van der Waals surface area contributed by atoms with Crippen LogP contribution in [0.2, 0.25) is 0 Å². The maximum Gasteiger partial charge on any atom is 0.341 e. The van der Waals surface area contributed by atoms with Gasteiger partial charge in [-0.05, 0) is 31.5 Å². The summed E-state index contributed by atoms with van der Waals surface area (Å²) in [5.41, 5.74) is 2.12. The zero-order valence-corrected chi connectivity index (χ0v) is 16.6. The number of hydrogen-bond donors (Lipinski definition) is 0. The number of halogens is 1. The molecule has 154 valence electrons. The zero-order valence-electron chi connectivity index (χ0n) is 16.6. The van der Waals surface area contributed by atoms with Crippen LogP contribution < -0.4 is 4.74 Å². The average molecular weight is 410 g/mol. The summed E-state index contributed by atoms with van der Waals surface area (Å²) in [6.07, 6.45) is 4.44. The zero-order chi connectivity index (χ0) is 21.3. The van der Waals surface area contributed by atoms with Crippen molar-refractivity contribution >= 4 is 17.0 Å². The summed E-state index contributed by atoms with van der Waals surface area (Å²) in [7, 11) is 1.49. The van der Waals surface area contributed by atoms with Crippen molar-refractivity contribution in [2.24, 2.45) is 0 Å². The van der Waals surface area contributed by atoms with Crippen LogP contribution >= 0.6 is 0 Å². The van der Waals surface area contributed by atoms with Crippen molar-refractivity contribution in [3.63, 3.8) is 0 Å². The summed E-state index contributed by atoms with van der Waals surface area (Å²) in [6, 6.07) is 6.05. The van der Waals surface area contributed by atoms with Crippen LogP contribution in [0.5, 0.6) is 5.88 Å². The Morgan fingerprint density at radius 3 is 2.80 bits per heavy atom. The molecule has 0 aliphatic heterocycles. The normalized spacial score (nSPS) is 12.1. The molecule has 0 amide bonds. The van der Waals surface area contributed by atoms with E-state index in [1.54, 1.807) is 23.9 Å². The fourth-order valence-corrected chi connectivity index (χ4v) is 3.12. The average Bonchev–Trinajstić information content (AvgIpc) is 3.40. The van der Waals surface area contributed by atoms with Crippen LogP contribution in [0, 0.1) is 5.82 Å². The molecular formula is C20H19FN6O3. The highest BCUT2D eigenvalue weighted by atomic mass is 19.1. The molecule has 10 heteroatoms. The highest BCUT2D eigenvalue weighted by molar-refractivity contribution is 5.88. The fourth-order valence-electron chi connectivity index (χ4n) is 3.12. The van der Waals surface area contributed by atoms with Crippen molar-refractivity contribution in [3.8, 4) is 11.8 Å². The van der Waals surface area contributed by atoms with Gasteiger partial charge in [-0.2, -0.15) is 15.2 Å². The van der Waals surface area contributed by atoms with Crippen molar-refractivity contribution in [1.29, 1.82) is 0 Å². The Kier molecular flexibility index (Phi) is 5.13. The third kappa shape index (κ3) is 3.47. The Labute approximate surface area is 171 Å². The van der Waals surface area contributed by atoms with Gasteiger partial charge in [0.2, 0.25) is 5.88 Å². The summed E-state index contributed by atoms with van der Waals surface area (Å²) in [5, 5.41) is 8.55. The molecule has 0 fully saturated rings. The lowest BCUT2D eigenvalue weighted by atomic mass is 10.1. The monoisotopic (exact) mass is 410 g/mol. The van der Waals surface area contributed by atoms with Crippen molar-refractivity contribution in [1.82, 2.24) is 29.5 Å². The quantitative estimate of drug-likeness (QED) is 0.451. The number of rotatable bonds is 6. The lowest BCUT2D eigenvalue weighted by Gasteiger charge is -2.15. The topological polar surface area (TPSA) is 97.0 Å². The van der Waals surface area contributed by atoms with E-state index in [-0.39, 0.29) is 35.9 Å². The van der Waals surface area contributed by atoms with Crippen LogP contribution in [0.4, 0.5) is 4.39 Å². The lowest BCUT2D eigenvalue weighted by Crippen LogP contribution is -2.11. The first-order valence-corrected chi connectivity index (χ1v) is 9.28. The van der Waals surface area contributed by atoms with Crippen LogP contribution in [0.25, 0.3) is 17.0 Å². The standard InChI is InChI=1S/C20H19FN6O3/c1-4-30-19(28)14-9-22-26(11-14)20-24-16-10-23-27(17(16)18(25-20)29-3)12(2)13-6-5-7-15(21)8-13/h5-12H,4H2,1-3H3/t12-/m0/s1. The number of nitrogens with zero attached hydrogens (tertiary/aromatic N) is 6. The summed E-state index contributed by atoms with van der Waals surface area (Å²) in [4.78, 5) is 20.8. The van der Waals surface area contributed by atoms with Gasteiger partial charge < -0.3 is 9.47 Å². The van der Waals surface area contributed by atoms with E-state index in [1.165, 1.54) is 36.3 Å². The Morgan fingerprint density at radius 1 is 1.23 bits per heavy atom. The molecule has 0 saturated heterocycles. The molecule has 1 aromatic carbocycles. The van der Waals surface area contributed by atoms with E-state index < -0.39 is 5.97 Å². The van der Waals surface area contributed by atoms with Crippen LogP contribution in [-0.4, -0.2) is 49.2 Å². The Balaban J connectivity index is 1.76. The molecule has 3 heterocycles. The van der Waals surface area contributed by atoms with E-state index in [4.69, 9.17) is 9.47 Å². The summed E-state index contributed by atoms with van der Waals surface area (Å²) in [6.45, 7) is 3.89. The maximum atomic E-state index is 13.7. The predicted octanol–water partition coefficient (Wildman–Crippen LogP) is 2.95. The first-order valence-electron chi connectivity index (χ1n) is 9.28. The SMILES string of the molecule is CCOC(=O)c1cnn(-c2nc(OC)c3c(cnn3[C@@H](C)c3cccc(F)c3)n2)c1. The molecule has 0 aliphatic carbocycles. The van der Waals surface area contributed by atoms with Crippen LogP contribution in [0.1, 0.15) is 35.8 Å². The number of methoxy groups -OCH3 is 1. The number of ether oxygens (including phenoxy) is 2. The van der Waals surface area contributed by atoms with Crippen molar-refractivity contribution in [3.05, 3.63) is 59.8 Å². The minimum atomic E-state index is -0.478. The molecule has 4 aromatic rings. The minimum absolute atomic E-state index is 0.216. The Bertz CT molecular complexity index is 1220. The molecule has 9 nitrogen and oxygen atoms in total. The van der Waals surface area contributed by atoms with Crippen molar-refractivity contribution in [2.45, 2.75) is 19.9 Å². The lowest BCUT2D eigenvalue weighted by molar-refractivity contribution is 0.0526. The van der Waals surface area contributed by atoms with E-state index in [1.807, 2.05) is 13.0 Å². The number of carbonyl (C=O) groups is 1. The minimum Gasteiger partial charge on any atom is -0.479 e. The number of esters is 1. The van der Waals surface area contributed by atoms with E-state index in [0.29, 0.717) is 11.0 Å². The number of benzene rings is 1. The van der Waals surface area contributed by atoms with Gasteiger partial charge in [0, 0.05) is 6.20 Å². The van der Waals surface area contributed by atoms with E-state index in [0.717, 1.165) is 5.56 Å². The molecule has 0 aliphatic rings. The first kappa shape index (κ1) is 19.5. The fraction of sp³-hybridized carbons (Fsp3) is 0.250. The Morgan fingerprint density at radius 2 is 2.07 bits per heavy atom. The molecule has 0 radical (unpaired) electrons. The highest BCUT2D eigenvalue weighted by Crippen LogP contribution is 2.28. The molecule has 0 unspecified atom stereocenters. The Hall–Kier alpha value is -3.82. The molecule has 0 N–H and O–H groups in total. The molecule has 0 bridgehead atoms. The third-order valence-corrected chi connectivity index (χ3v) is 4.59. The third-order valence-electron chi connectivity index (χ3n) is 4.59. The first-order chi connectivity index (χ1) is 14.5. The van der Waals surface area contributed by atoms with Gasteiger partial charge >= 0.3 is 5.97 Å². The predicted molar refractivity (Wildman–Crippen MR) is 105 cm³/mol. The molecule has 1 atom stereocenters. The molecule has 30 heavy (non-hydrogen) atoms. The number of fused-ring (bicyclic) bond motifs is 1. The number of carbonyl (C=O) groups excluding carboxylic acids is 1.